The molecule has 0 aliphatic heterocycles. The fourth-order valence-corrected chi connectivity index (χ4v) is 2.71. The van der Waals surface area contributed by atoms with E-state index in [1.165, 1.54) is 5.56 Å². The highest BCUT2D eigenvalue weighted by Gasteiger charge is 2.16. The van der Waals surface area contributed by atoms with Crippen molar-refractivity contribution in [1.29, 1.82) is 0 Å². The Hall–Kier alpha value is -2.35. The van der Waals surface area contributed by atoms with Crippen LogP contribution in [-0.2, 0) is 6.54 Å². The van der Waals surface area contributed by atoms with Gasteiger partial charge < -0.3 is 4.57 Å². The van der Waals surface area contributed by atoms with Gasteiger partial charge in [0.2, 0.25) is 0 Å². The number of aryl methyl sites for hydroxylation is 2. The first-order valence-corrected chi connectivity index (χ1v) is 7.40. The molecule has 2 heteroatoms. The maximum absolute atomic E-state index is 12.8. The summed E-state index contributed by atoms with van der Waals surface area (Å²) >= 11 is 0. The maximum atomic E-state index is 12.8. The molecule has 3 aromatic rings. The van der Waals surface area contributed by atoms with E-state index in [0.717, 1.165) is 35.0 Å². The van der Waals surface area contributed by atoms with E-state index in [1.54, 1.807) is 0 Å². The number of fused-ring (bicyclic) bond motifs is 1. The van der Waals surface area contributed by atoms with Crippen molar-refractivity contribution in [2.45, 2.75) is 26.8 Å². The molecule has 106 valence electrons. The van der Waals surface area contributed by atoms with Gasteiger partial charge in [-0.1, -0.05) is 55.0 Å². The van der Waals surface area contributed by atoms with Crippen molar-refractivity contribution in [3.05, 3.63) is 71.4 Å². The third-order valence-electron chi connectivity index (χ3n) is 3.81. The van der Waals surface area contributed by atoms with Gasteiger partial charge in [0.25, 0.3) is 0 Å². The second kappa shape index (κ2) is 5.57. The van der Waals surface area contributed by atoms with Gasteiger partial charge in [-0.2, -0.15) is 0 Å². The molecule has 21 heavy (non-hydrogen) atoms. The Kier molecular flexibility index (Phi) is 3.61. The second-order valence-electron chi connectivity index (χ2n) is 5.45. The van der Waals surface area contributed by atoms with E-state index >= 15 is 0 Å². The number of carbonyl (C=O) groups excluding carboxylic acids is 1. The van der Waals surface area contributed by atoms with Crippen LogP contribution in [0.25, 0.3) is 10.9 Å². The lowest BCUT2D eigenvalue weighted by Crippen LogP contribution is -2.00. The molecule has 0 N–H and O–H groups in total. The number of rotatable bonds is 4. The first kappa shape index (κ1) is 13.6. The number of nitrogens with zero attached hydrogens (tertiary/aromatic N) is 1. The fourth-order valence-electron chi connectivity index (χ4n) is 2.71. The highest BCUT2D eigenvalue weighted by Crippen LogP contribution is 2.24. The van der Waals surface area contributed by atoms with Crippen LogP contribution in [0.3, 0.4) is 0 Å². The van der Waals surface area contributed by atoms with Crippen molar-refractivity contribution in [2.75, 3.05) is 0 Å². The van der Waals surface area contributed by atoms with Gasteiger partial charge in [0.1, 0.15) is 0 Å². The molecule has 0 amide bonds. The van der Waals surface area contributed by atoms with E-state index in [1.807, 2.05) is 55.6 Å². The first-order valence-electron chi connectivity index (χ1n) is 7.40. The highest BCUT2D eigenvalue weighted by atomic mass is 16.1. The van der Waals surface area contributed by atoms with E-state index in [0.29, 0.717) is 0 Å². The molecule has 0 fully saturated rings. The van der Waals surface area contributed by atoms with Gasteiger partial charge in [-0.3, -0.25) is 4.79 Å². The van der Waals surface area contributed by atoms with Crippen molar-refractivity contribution in [1.82, 2.24) is 4.57 Å². The lowest BCUT2D eigenvalue weighted by atomic mass is 10.0. The Bertz CT molecular complexity index is 781. The smallest absolute Gasteiger partial charge is 0.195 e. The molecule has 0 aliphatic carbocycles. The molecular formula is C19H19NO. The Morgan fingerprint density at radius 2 is 1.76 bits per heavy atom. The molecular weight excluding hydrogens is 258 g/mol. The number of hydrogen-bond donors (Lipinski definition) is 0. The second-order valence-corrected chi connectivity index (χ2v) is 5.45. The molecule has 0 aliphatic rings. The van der Waals surface area contributed by atoms with Crippen LogP contribution in [0.15, 0.2) is 54.7 Å². The molecule has 0 saturated carbocycles. The topological polar surface area (TPSA) is 22.0 Å². The van der Waals surface area contributed by atoms with Crippen LogP contribution in [-0.4, -0.2) is 10.4 Å². The van der Waals surface area contributed by atoms with Gasteiger partial charge in [-0.15, -0.1) is 0 Å². The Balaban J connectivity index is 2.11. The summed E-state index contributed by atoms with van der Waals surface area (Å²) in [4.78, 5) is 12.8. The third kappa shape index (κ3) is 2.49. The van der Waals surface area contributed by atoms with Crippen molar-refractivity contribution in [3.8, 4) is 0 Å². The van der Waals surface area contributed by atoms with Gasteiger partial charge in [0.05, 0.1) is 0 Å². The zero-order chi connectivity index (χ0) is 14.8. The number of aromatic nitrogens is 1. The first-order chi connectivity index (χ1) is 10.2. The van der Waals surface area contributed by atoms with E-state index in [-0.39, 0.29) is 5.78 Å². The molecule has 0 spiro atoms. The summed E-state index contributed by atoms with van der Waals surface area (Å²) in [6.07, 6.45) is 3.05. The molecule has 0 unspecified atom stereocenters. The van der Waals surface area contributed by atoms with Crippen LogP contribution in [0, 0.1) is 6.92 Å². The highest BCUT2D eigenvalue weighted by molar-refractivity contribution is 6.16. The molecule has 0 radical (unpaired) electrons. The molecule has 3 rings (SSSR count). The number of benzene rings is 2. The average Bonchev–Trinajstić information content (AvgIpc) is 2.87. The number of carbonyl (C=O) groups is 1. The standard InChI is InChI=1S/C19H19NO/c1-3-12-20-13-17(16-6-4-5-7-18(16)20)19(21)15-10-8-14(2)9-11-15/h4-11,13H,3,12H2,1-2H3. The van der Waals surface area contributed by atoms with E-state index in [2.05, 4.69) is 17.6 Å². The van der Waals surface area contributed by atoms with Crippen molar-refractivity contribution < 1.29 is 4.79 Å². The number of hydrogen-bond acceptors (Lipinski definition) is 1. The zero-order valence-electron chi connectivity index (χ0n) is 12.5. The quantitative estimate of drug-likeness (QED) is 0.639. The van der Waals surface area contributed by atoms with Crippen LogP contribution in [0.2, 0.25) is 0 Å². The minimum absolute atomic E-state index is 0.0982. The molecule has 1 aromatic heterocycles. The fraction of sp³-hybridized carbons (Fsp3) is 0.211. The summed E-state index contributed by atoms with van der Waals surface area (Å²) in [6, 6.07) is 15.9. The summed E-state index contributed by atoms with van der Waals surface area (Å²) in [7, 11) is 0. The van der Waals surface area contributed by atoms with Crippen molar-refractivity contribution in [3.63, 3.8) is 0 Å². The van der Waals surface area contributed by atoms with Crippen molar-refractivity contribution in [2.24, 2.45) is 0 Å². The summed E-state index contributed by atoms with van der Waals surface area (Å²) in [5.74, 6) is 0.0982. The van der Waals surface area contributed by atoms with Gasteiger partial charge in [-0.25, -0.2) is 0 Å². The third-order valence-corrected chi connectivity index (χ3v) is 3.81. The monoisotopic (exact) mass is 277 g/mol. The van der Waals surface area contributed by atoms with Crippen LogP contribution >= 0.6 is 0 Å². The zero-order valence-corrected chi connectivity index (χ0v) is 12.5. The summed E-state index contributed by atoms with van der Waals surface area (Å²) < 4.78 is 2.18. The van der Waals surface area contributed by atoms with Crippen molar-refractivity contribution >= 4 is 16.7 Å². The van der Waals surface area contributed by atoms with Crippen LogP contribution < -0.4 is 0 Å². The van der Waals surface area contributed by atoms with Crippen LogP contribution in [0.4, 0.5) is 0 Å². The minimum atomic E-state index is 0.0982. The molecule has 2 aromatic carbocycles. The summed E-state index contributed by atoms with van der Waals surface area (Å²) in [5, 5.41) is 1.04. The van der Waals surface area contributed by atoms with Gasteiger partial charge in [0, 0.05) is 34.8 Å². The van der Waals surface area contributed by atoms with E-state index < -0.39 is 0 Å². The number of ketones is 1. The SMILES string of the molecule is CCCn1cc(C(=O)c2ccc(C)cc2)c2ccccc21. The largest absolute Gasteiger partial charge is 0.347 e. The van der Waals surface area contributed by atoms with Crippen LogP contribution in [0.5, 0.6) is 0 Å². The predicted molar refractivity (Wildman–Crippen MR) is 86.8 cm³/mol. The Morgan fingerprint density at radius 1 is 1.05 bits per heavy atom. The van der Waals surface area contributed by atoms with Gasteiger partial charge >= 0.3 is 0 Å². The number of para-hydroxylation sites is 1. The average molecular weight is 277 g/mol. The van der Waals surface area contributed by atoms with E-state index in [4.69, 9.17) is 0 Å². The lowest BCUT2D eigenvalue weighted by molar-refractivity contribution is 0.104. The normalized spacial score (nSPS) is 11.0. The maximum Gasteiger partial charge on any atom is 0.195 e. The molecule has 0 saturated heterocycles. The Morgan fingerprint density at radius 3 is 2.48 bits per heavy atom. The minimum Gasteiger partial charge on any atom is -0.347 e. The van der Waals surface area contributed by atoms with E-state index in [9.17, 15) is 4.79 Å². The van der Waals surface area contributed by atoms with Gasteiger partial charge in [-0.05, 0) is 19.4 Å². The summed E-state index contributed by atoms with van der Waals surface area (Å²) in [6.45, 7) is 5.11. The van der Waals surface area contributed by atoms with Crippen LogP contribution in [0.1, 0.15) is 34.8 Å². The molecule has 2 nitrogen and oxygen atoms in total. The predicted octanol–water partition coefficient (Wildman–Crippen LogP) is 4.59. The Labute approximate surface area is 125 Å². The van der Waals surface area contributed by atoms with Gasteiger partial charge in [0.15, 0.2) is 5.78 Å². The molecule has 1 heterocycles. The summed E-state index contributed by atoms with van der Waals surface area (Å²) in [5.41, 5.74) is 3.85. The molecule has 0 atom stereocenters. The lowest BCUT2D eigenvalue weighted by Gasteiger charge is -2.01. The molecule has 0 bridgehead atoms.